The lowest BCUT2D eigenvalue weighted by Gasteiger charge is -2.16. The Labute approximate surface area is 133 Å². The van der Waals surface area contributed by atoms with Crippen molar-refractivity contribution in [2.75, 3.05) is 13.2 Å². The summed E-state index contributed by atoms with van der Waals surface area (Å²) >= 11 is 3.42. The van der Waals surface area contributed by atoms with E-state index in [0.717, 1.165) is 15.6 Å². The number of aliphatic hydroxyl groups excluding tert-OH is 1. The molecule has 0 bridgehead atoms. The van der Waals surface area contributed by atoms with Gasteiger partial charge in [0.25, 0.3) is 0 Å². The molecule has 2 aromatic rings. The first-order chi connectivity index (χ1) is 10.2. The molecule has 0 heterocycles. The maximum Gasteiger partial charge on any atom is 0.161 e. The summed E-state index contributed by atoms with van der Waals surface area (Å²) in [6.07, 6.45) is -0.697. The van der Waals surface area contributed by atoms with Crippen molar-refractivity contribution in [3.05, 3.63) is 58.1 Å². The van der Waals surface area contributed by atoms with Crippen LogP contribution in [0.4, 0.5) is 0 Å². The van der Waals surface area contributed by atoms with Crippen LogP contribution in [0.2, 0.25) is 0 Å². The van der Waals surface area contributed by atoms with Gasteiger partial charge in [-0.1, -0.05) is 34.1 Å². The van der Waals surface area contributed by atoms with Gasteiger partial charge in [0, 0.05) is 4.47 Å². The molecule has 0 aliphatic carbocycles. The van der Waals surface area contributed by atoms with Crippen LogP contribution < -0.4 is 9.47 Å². The van der Waals surface area contributed by atoms with Crippen molar-refractivity contribution < 1.29 is 14.6 Å². The number of halogens is 1. The highest BCUT2D eigenvalue weighted by Crippen LogP contribution is 2.33. The van der Waals surface area contributed by atoms with Crippen molar-refractivity contribution in [2.24, 2.45) is 0 Å². The van der Waals surface area contributed by atoms with Crippen molar-refractivity contribution >= 4 is 15.9 Å². The van der Waals surface area contributed by atoms with Crippen molar-refractivity contribution in [2.45, 2.75) is 20.0 Å². The summed E-state index contributed by atoms with van der Waals surface area (Å²) in [5.74, 6) is 1.36. The first kappa shape index (κ1) is 15.9. The molecule has 2 aromatic carbocycles. The van der Waals surface area contributed by atoms with Crippen LogP contribution in [0.25, 0.3) is 0 Å². The molecule has 0 amide bonds. The Hall–Kier alpha value is -1.52. The Morgan fingerprint density at radius 3 is 2.29 bits per heavy atom. The highest BCUT2D eigenvalue weighted by Gasteiger charge is 2.14. The van der Waals surface area contributed by atoms with E-state index in [1.807, 2.05) is 56.3 Å². The normalized spacial score (nSPS) is 12.0. The predicted molar refractivity (Wildman–Crippen MR) is 87.0 cm³/mol. The molecule has 0 aromatic heterocycles. The third kappa shape index (κ3) is 3.99. The lowest BCUT2D eigenvalue weighted by molar-refractivity contribution is 0.218. The van der Waals surface area contributed by atoms with Gasteiger partial charge in [0.2, 0.25) is 0 Å². The van der Waals surface area contributed by atoms with Gasteiger partial charge >= 0.3 is 0 Å². The number of hydrogen-bond acceptors (Lipinski definition) is 3. The molecule has 0 saturated heterocycles. The minimum Gasteiger partial charge on any atom is -0.490 e. The molecule has 0 fully saturated rings. The minimum absolute atomic E-state index is 0.552. The molecule has 1 atom stereocenters. The fourth-order valence-electron chi connectivity index (χ4n) is 2.11. The molecule has 3 nitrogen and oxygen atoms in total. The third-order valence-electron chi connectivity index (χ3n) is 3.05. The second kappa shape index (κ2) is 7.48. The highest BCUT2D eigenvalue weighted by molar-refractivity contribution is 9.10. The molecule has 112 valence electrons. The second-order valence-electron chi connectivity index (χ2n) is 4.53. The highest BCUT2D eigenvalue weighted by atomic mass is 79.9. The number of benzene rings is 2. The van der Waals surface area contributed by atoms with Gasteiger partial charge in [-0.3, -0.25) is 0 Å². The fraction of sp³-hybridized carbons (Fsp3) is 0.294. The molecule has 1 unspecified atom stereocenters. The Morgan fingerprint density at radius 2 is 1.62 bits per heavy atom. The van der Waals surface area contributed by atoms with E-state index in [1.54, 1.807) is 0 Å². The van der Waals surface area contributed by atoms with Gasteiger partial charge in [-0.2, -0.15) is 0 Å². The minimum atomic E-state index is -0.697. The second-order valence-corrected chi connectivity index (χ2v) is 5.45. The zero-order valence-corrected chi connectivity index (χ0v) is 13.8. The van der Waals surface area contributed by atoms with Gasteiger partial charge < -0.3 is 14.6 Å². The van der Waals surface area contributed by atoms with Crippen LogP contribution in [0.3, 0.4) is 0 Å². The van der Waals surface area contributed by atoms with Crippen molar-refractivity contribution in [1.82, 2.24) is 0 Å². The molecule has 0 aliphatic rings. The molecular weight excluding hydrogens is 332 g/mol. The summed E-state index contributed by atoms with van der Waals surface area (Å²) < 4.78 is 12.1. The Morgan fingerprint density at radius 1 is 0.952 bits per heavy atom. The molecule has 0 spiro atoms. The SMILES string of the molecule is CCOc1ccc(C(O)c2cccc(Br)c2)cc1OCC. The summed E-state index contributed by atoms with van der Waals surface area (Å²) in [4.78, 5) is 0. The maximum atomic E-state index is 10.5. The van der Waals surface area contributed by atoms with Gasteiger partial charge in [0.1, 0.15) is 6.10 Å². The Bertz CT molecular complexity index is 598. The van der Waals surface area contributed by atoms with E-state index in [0.29, 0.717) is 24.7 Å². The van der Waals surface area contributed by atoms with Gasteiger partial charge in [-0.05, 0) is 49.2 Å². The summed E-state index contributed by atoms with van der Waals surface area (Å²) in [5.41, 5.74) is 1.61. The number of ether oxygens (including phenoxy) is 2. The average Bonchev–Trinajstić information content (AvgIpc) is 2.49. The van der Waals surface area contributed by atoms with Crippen molar-refractivity contribution in [1.29, 1.82) is 0 Å². The first-order valence-corrected chi connectivity index (χ1v) is 7.78. The van der Waals surface area contributed by atoms with Crippen LogP contribution in [-0.4, -0.2) is 18.3 Å². The van der Waals surface area contributed by atoms with E-state index in [-0.39, 0.29) is 0 Å². The molecule has 1 N–H and O–H groups in total. The van der Waals surface area contributed by atoms with Gasteiger partial charge in [-0.25, -0.2) is 0 Å². The van der Waals surface area contributed by atoms with Crippen molar-refractivity contribution in [3.8, 4) is 11.5 Å². The van der Waals surface area contributed by atoms with E-state index < -0.39 is 6.10 Å². The maximum absolute atomic E-state index is 10.5. The summed E-state index contributed by atoms with van der Waals surface area (Å²) in [6.45, 7) is 4.98. The third-order valence-corrected chi connectivity index (χ3v) is 3.54. The van der Waals surface area contributed by atoms with Gasteiger partial charge in [0.05, 0.1) is 13.2 Å². The molecule has 0 radical (unpaired) electrons. The van der Waals surface area contributed by atoms with Crippen LogP contribution in [0, 0.1) is 0 Å². The lowest BCUT2D eigenvalue weighted by atomic mass is 10.0. The quantitative estimate of drug-likeness (QED) is 0.842. The molecule has 4 heteroatoms. The monoisotopic (exact) mass is 350 g/mol. The summed E-state index contributed by atoms with van der Waals surface area (Å²) in [6, 6.07) is 13.2. The van der Waals surface area contributed by atoms with Crippen LogP contribution >= 0.6 is 15.9 Å². The lowest BCUT2D eigenvalue weighted by Crippen LogP contribution is -2.03. The zero-order chi connectivity index (χ0) is 15.2. The van der Waals surface area contributed by atoms with E-state index in [2.05, 4.69) is 15.9 Å². The first-order valence-electron chi connectivity index (χ1n) is 6.98. The van der Waals surface area contributed by atoms with E-state index in [4.69, 9.17) is 9.47 Å². The number of hydrogen-bond donors (Lipinski definition) is 1. The molecule has 0 saturated carbocycles. The van der Waals surface area contributed by atoms with Crippen LogP contribution in [0.5, 0.6) is 11.5 Å². The van der Waals surface area contributed by atoms with Crippen LogP contribution in [0.1, 0.15) is 31.1 Å². The molecular formula is C17H19BrO3. The average molecular weight is 351 g/mol. The smallest absolute Gasteiger partial charge is 0.161 e. The van der Waals surface area contributed by atoms with Crippen molar-refractivity contribution in [3.63, 3.8) is 0 Å². The van der Waals surface area contributed by atoms with Gasteiger partial charge in [-0.15, -0.1) is 0 Å². The standard InChI is InChI=1S/C17H19BrO3/c1-3-20-15-9-8-13(11-16(15)21-4-2)17(19)12-6-5-7-14(18)10-12/h5-11,17,19H,3-4H2,1-2H3. The number of aliphatic hydroxyl groups is 1. The molecule has 2 rings (SSSR count). The van der Waals surface area contributed by atoms with E-state index >= 15 is 0 Å². The zero-order valence-electron chi connectivity index (χ0n) is 12.2. The van der Waals surface area contributed by atoms with Crippen LogP contribution in [-0.2, 0) is 0 Å². The van der Waals surface area contributed by atoms with Crippen LogP contribution in [0.15, 0.2) is 46.9 Å². The number of rotatable bonds is 6. The molecule has 21 heavy (non-hydrogen) atoms. The largest absolute Gasteiger partial charge is 0.490 e. The predicted octanol–water partition coefficient (Wildman–Crippen LogP) is 4.33. The Kier molecular flexibility index (Phi) is 5.65. The summed E-state index contributed by atoms with van der Waals surface area (Å²) in [7, 11) is 0. The van der Waals surface area contributed by atoms with Gasteiger partial charge in [0.15, 0.2) is 11.5 Å². The fourth-order valence-corrected chi connectivity index (χ4v) is 2.52. The Balaban J connectivity index is 2.32. The summed E-state index contributed by atoms with van der Waals surface area (Å²) in [5, 5.41) is 10.5. The van der Waals surface area contributed by atoms with E-state index in [1.165, 1.54) is 0 Å². The van der Waals surface area contributed by atoms with E-state index in [9.17, 15) is 5.11 Å². The topological polar surface area (TPSA) is 38.7 Å². The molecule has 0 aliphatic heterocycles.